The Morgan fingerprint density at radius 2 is 1.81 bits per heavy atom. The van der Waals surface area contributed by atoms with E-state index in [1.807, 2.05) is 39.0 Å². The molecule has 6 heteroatoms. The topological polar surface area (TPSA) is 95.7 Å². The van der Waals surface area contributed by atoms with Crippen LogP contribution in [0.1, 0.15) is 32.8 Å². The van der Waals surface area contributed by atoms with Crippen LogP contribution in [0.15, 0.2) is 48.5 Å². The Balaban J connectivity index is 2.05. The molecule has 0 aromatic heterocycles. The Hall–Kier alpha value is -3.02. The van der Waals surface area contributed by atoms with E-state index in [9.17, 15) is 14.7 Å². The van der Waals surface area contributed by atoms with Gasteiger partial charge in [-0.2, -0.15) is 0 Å². The second kappa shape index (κ2) is 7.91. The number of rotatable bonds is 5. The molecule has 0 saturated heterocycles. The zero-order valence-corrected chi connectivity index (χ0v) is 15.3. The lowest BCUT2D eigenvalue weighted by Gasteiger charge is -2.33. The molecule has 6 nitrogen and oxygen atoms in total. The number of amides is 2. The minimum Gasteiger partial charge on any atom is -0.465 e. The van der Waals surface area contributed by atoms with Crippen LogP contribution in [0, 0.1) is 0 Å². The van der Waals surface area contributed by atoms with Gasteiger partial charge in [-0.1, -0.05) is 18.2 Å². The van der Waals surface area contributed by atoms with Gasteiger partial charge in [-0.15, -0.1) is 0 Å². The van der Waals surface area contributed by atoms with Gasteiger partial charge in [-0.25, -0.2) is 4.79 Å². The summed E-state index contributed by atoms with van der Waals surface area (Å²) >= 11 is 0. The van der Waals surface area contributed by atoms with Gasteiger partial charge in [0.1, 0.15) is 0 Å². The van der Waals surface area contributed by atoms with Gasteiger partial charge in [-0.05, 0) is 63.1 Å². The molecule has 0 fully saturated rings. The van der Waals surface area contributed by atoms with E-state index in [1.54, 1.807) is 30.3 Å². The average molecular weight is 355 g/mol. The largest absolute Gasteiger partial charge is 0.465 e. The fraction of sp³-hybridized carbons (Fsp3) is 0.300. The van der Waals surface area contributed by atoms with Gasteiger partial charge in [0, 0.05) is 29.0 Å². The lowest BCUT2D eigenvalue weighted by atomic mass is 10.1. The van der Waals surface area contributed by atoms with Crippen molar-refractivity contribution < 1.29 is 14.7 Å². The zero-order chi connectivity index (χ0) is 19.3. The van der Waals surface area contributed by atoms with Crippen LogP contribution in [0.5, 0.6) is 0 Å². The molecule has 4 N–H and O–H groups in total. The Morgan fingerprint density at radius 3 is 2.42 bits per heavy atom. The lowest BCUT2D eigenvalue weighted by Crippen LogP contribution is -2.45. The monoisotopic (exact) mass is 355 g/mol. The molecule has 0 unspecified atom stereocenters. The Bertz CT molecular complexity index is 797. The predicted molar refractivity (Wildman–Crippen MR) is 105 cm³/mol. The highest BCUT2D eigenvalue weighted by Gasteiger charge is 2.27. The molecular weight excluding hydrogens is 330 g/mol. The van der Waals surface area contributed by atoms with Crippen molar-refractivity contribution in [3.8, 4) is 0 Å². The van der Waals surface area contributed by atoms with Crippen LogP contribution in [0.25, 0.3) is 0 Å². The van der Waals surface area contributed by atoms with Crippen molar-refractivity contribution in [3.63, 3.8) is 0 Å². The highest BCUT2D eigenvalue weighted by Crippen LogP contribution is 2.26. The molecule has 0 spiro atoms. The summed E-state index contributed by atoms with van der Waals surface area (Å²) in [5.41, 5.74) is 7.89. The number of carbonyl (C=O) groups is 2. The number of anilines is 3. The first kappa shape index (κ1) is 19.3. The zero-order valence-electron chi connectivity index (χ0n) is 15.3. The number of nitrogen functional groups attached to an aromatic ring is 1. The number of hydrogen-bond donors (Lipinski definition) is 3. The number of carboxylic acid groups (broad SMARTS) is 1. The quantitative estimate of drug-likeness (QED) is 0.703. The fourth-order valence-electron chi connectivity index (χ4n) is 2.74. The van der Waals surface area contributed by atoms with Gasteiger partial charge < -0.3 is 16.2 Å². The molecule has 2 rings (SSSR count). The van der Waals surface area contributed by atoms with Crippen LogP contribution < -0.4 is 16.0 Å². The Labute approximate surface area is 153 Å². The Kier molecular flexibility index (Phi) is 5.87. The van der Waals surface area contributed by atoms with Crippen molar-refractivity contribution in [3.05, 3.63) is 54.1 Å². The van der Waals surface area contributed by atoms with Gasteiger partial charge in [-0.3, -0.25) is 9.69 Å². The number of aryl methyl sites for hydroxylation is 1. The maximum Gasteiger partial charge on any atom is 0.412 e. The molecule has 0 radical (unpaired) electrons. The van der Waals surface area contributed by atoms with Gasteiger partial charge in [0.15, 0.2) is 0 Å². The summed E-state index contributed by atoms with van der Waals surface area (Å²) in [4.78, 5) is 25.1. The van der Waals surface area contributed by atoms with E-state index in [2.05, 4.69) is 5.32 Å². The summed E-state index contributed by atoms with van der Waals surface area (Å²) in [7, 11) is 0. The summed E-state index contributed by atoms with van der Waals surface area (Å²) in [6.07, 6.45) is -0.141. The van der Waals surface area contributed by atoms with Crippen molar-refractivity contribution in [1.82, 2.24) is 0 Å². The number of nitrogens with two attached hydrogens (primary N) is 1. The second-order valence-corrected chi connectivity index (χ2v) is 7.13. The number of nitrogens with one attached hydrogen (secondary N) is 1. The lowest BCUT2D eigenvalue weighted by molar-refractivity contribution is -0.116. The van der Waals surface area contributed by atoms with Crippen LogP contribution in [-0.2, 0) is 11.2 Å². The second-order valence-electron chi connectivity index (χ2n) is 7.13. The number of carbonyl (C=O) groups excluding carboxylic acids is 1. The molecule has 26 heavy (non-hydrogen) atoms. The molecule has 2 aromatic carbocycles. The molecule has 2 amide bonds. The number of nitrogens with zero attached hydrogens (tertiary/aromatic N) is 1. The van der Waals surface area contributed by atoms with E-state index in [4.69, 9.17) is 5.73 Å². The summed E-state index contributed by atoms with van der Waals surface area (Å²) in [6.45, 7) is 5.45. The SMILES string of the molecule is CC(C)(C)N(C(=O)O)c1cccc(NC(=O)CCc2cccc(N)c2)c1. The third-order valence-corrected chi connectivity index (χ3v) is 3.84. The van der Waals surface area contributed by atoms with Crippen LogP contribution >= 0.6 is 0 Å². The Morgan fingerprint density at radius 1 is 1.12 bits per heavy atom. The molecule has 0 saturated carbocycles. The first-order chi connectivity index (χ1) is 12.2. The van der Waals surface area contributed by atoms with Crippen molar-refractivity contribution in [1.29, 1.82) is 0 Å². The average Bonchev–Trinajstić information content (AvgIpc) is 2.51. The summed E-state index contributed by atoms with van der Waals surface area (Å²) in [5, 5.41) is 12.3. The first-order valence-corrected chi connectivity index (χ1v) is 8.44. The summed E-state index contributed by atoms with van der Waals surface area (Å²) < 4.78 is 0. The number of benzene rings is 2. The van der Waals surface area contributed by atoms with Crippen LogP contribution in [0.3, 0.4) is 0 Å². The van der Waals surface area contributed by atoms with Gasteiger partial charge in [0.2, 0.25) is 5.91 Å². The van der Waals surface area contributed by atoms with E-state index in [0.29, 0.717) is 29.9 Å². The van der Waals surface area contributed by atoms with Crippen LogP contribution in [0.4, 0.5) is 21.9 Å². The maximum atomic E-state index is 12.2. The van der Waals surface area contributed by atoms with E-state index < -0.39 is 11.6 Å². The third-order valence-electron chi connectivity index (χ3n) is 3.84. The van der Waals surface area contributed by atoms with E-state index >= 15 is 0 Å². The minimum absolute atomic E-state index is 0.137. The molecule has 138 valence electrons. The van der Waals surface area contributed by atoms with Crippen LogP contribution in [0.2, 0.25) is 0 Å². The molecular formula is C20H25N3O3. The normalized spacial score (nSPS) is 11.0. The van der Waals surface area contributed by atoms with E-state index in [-0.39, 0.29) is 5.91 Å². The summed E-state index contributed by atoms with van der Waals surface area (Å²) in [6, 6.07) is 14.3. The number of hydrogen-bond acceptors (Lipinski definition) is 3. The standard InChI is InChI=1S/C20H25N3O3/c1-20(2,3)23(19(25)26)17-9-5-8-16(13-17)22-18(24)11-10-14-6-4-7-15(21)12-14/h4-9,12-13H,10-11,21H2,1-3H3,(H,22,24)(H,25,26). The van der Waals surface area contributed by atoms with Crippen molar-refractivity contribution >= 4 is 29.1 Å². The molecule has 0 atom stereocenters. The van der Waals surface area contributed by atoms with E-state index in [1.165, 1.54) is 4.90 Å². The highest BCUT2D eigenvalue weighted by molar-refractivity contribution is 5.93. The van der Waals surface area contributed by atoms with Crippen molar-refractivity contribution in [2.75, 3.05) is 16.0 Å². The predicted octanol–water partition coefficient (Wildman–Crippen LogP) is 4.12. The maximum absolute atomic E-state index is 12.2. The molecule has 0 aliphatic heterocycles. The molecule has 2 aromatic rings. The molecule has 0 heterocycles. The molecule has 0 bridgehead atoms. The smallest absolute Gasteiger partial charge is 0.412 e. The minimum atomic E-state index is -1.04. The summed E-state index contributed by atoms with van der Waals surface area (Å²) in [5.74, 6) is -0.137. The van der Waals surface area contributed by atoms with Gasteiger partial charge in [0.05, 0.1) is 0 Å². The third kappa shape index (κ3) is 5.24. The van der Waals surface area contributed by atoms with Crippen molar-refractivity contribution in [2.24, 2.45) is 0 Å². The first-order valence-electron chi connectivity index (χ1n) is 8.44. The van der Waals surface area contributed by atoms with Gasteiger partial charge >= 0.3 is 6.09 Å². The molecule has 0 aliphatic carbocycles. The molecule has 0 aliphatic rings. The van der Waals surface area contributed by atoms with Crippen molar-refractivity contribution in [2.45, 2.75) is 39.2 Å². The van der Waals surface area contributed by atoms with Crippen LogP contribution in [-0.4, -0.2) is 22.6 Å². The van der Waals surface area contributed by atoms with Gasteiger partial charge in [0.25, 0.3) is 0 Å². The fourth-order valence-corrected chi connectivity index (χ4v) is 2.74. The highest BCUT2D eigenvalue weighted by atomic mass is 16.4. The van der Waals surface area contributed by atoms with E-state index in [0.717, 1.165) is 5.56 Å².